The summed E-state index contributed by atoms with van der Waals surface area (Å²) in [7, 11) is 2.66. The fraction of sp³-hybridized carbons (Fsp3) is 0.812. The van der Waals surface area contributed by atoms with Gasteiger partial charge in [0.2, 0.25) is 0 Å². The first-order chi connectivity index (χ1) is 12.3. The van der Waals surface area contributed by atoms with Gasteiger partial charge >= 0.3 is 23.6 Å². The van der Waals surface area contributed by atoms with Crippen molar-refractivity contribution in [2.24, 2.45) is 0 Å². The van der Waals surface area contributed by atoms with Crippen molar-refractivity contribution in [3.05, 3.63) is 12.2 Å². The summed E-state index contributed by atoms with van der Waals surface area (Å²) >= 11 is 0. The molecule has 0 N–H and O–H groups in total. The van der Waals surface area contributed by atoms with E-state index in [9.17, 15) is 4.79 Å². The molecule has 0 saturated heterocycles. The van der Waals surface area contributed by atoms with Crippen molar-refractivity contribution in [1.82, 2.24) is 0 Å². The molecule has 0 aromatic carbocycles. The maximum Gasteiger partial charge on any atom is 0.500 e. The molecule has 0 radical (unpaired) electrons. The van der Waals surface area contributed by atoms with Crippen molar-refractivity contribution in [2.75, 3.05) is 48.8 Å². The summed E-state index contributed by atoms with van der Waals surface area (Å²) in [4.78, 5) is 11.4. The van der Waals surface area contributed by atoms with Crippen LogP contribution in [0.3, 0.4) is 0 Å². The minimum atomic E-state index is -2.76. The van der Waals surface area contributed by atoms with E-state index in [1.165, 1.54) is 0 Å². The number of hydrogen-bond acceptors (Lipinski definition) is 8. The van der Waals surface area contributed by atoms with Crippen LogP contribution in [0.2, 0.25) is 12.1 Å². The highest BCUT2D eigenvalue weighted by Crippen LogP contribution is 2.19. The third-order valence-corrected chi connectivity index (χ3v) is 9.65. The number of carbonyl (C=O) groups is 1. The molecular weight excluding hydrogens is 376 g/mol. The van der Waals surface area contributed by atoms with E-state index in [0.717, 1.165) is 12.8 Å². The van der Waals surface area contributed by atoms with Crippen LogP contribution in [-0.4, -0.2) is 72.3 Å². The van der Waals surface area contributed by atoms with Gasteiger partial charge < -0.3 is 31.3 Å². The Morgan fingerprint density at radius 2 is 1.27 bits per heavy atom. The van der Waals surface area contributed by atoms with Crippen LogP contribution in [0, 0.1) is 0 Å². The Morgan fingerprint density at radius 1 is 0.769 bits per heavy atom. The molecule has 0 heterocycles. The summed E-state index contributed by atoms with van der Waals surface area (Å²) in [5.41, 5.74) is 0.381. The van der Waals surface area contributed by atoms with Crippen LogP contribution in [0.5, 0.6) is 0 Å². The van der Waals surface area contributed by atoms with Gasteiger partial charge in [-0.1, -0.05) is 6.58 Å². The van der Waals surface area contributed by atoms with E-state index in [-0.39, 0.29) is 6.61 Å². The van der Waals surface area contributed by atoms with E-state index in [1.807, 2.05) is 0 Å². The largest absolute Gasteiger partial charge is 0.500 e. The molecule has 0 aliphatic heterocycles. The lowest BCUT2D eigenvalue weighted by atomic mass is 10.4. The molecule has 26 heavy (non-hydrogen) atoms. The Morgan fingerprint density at radius 3 is 1.73 bits per heavy atom. The molecule has 154 valence electrons. The van der Waals surface area contributed by atoms with Gasteiger partial charge in [0.1, 0.15) is 0 Å². The van der Waals surface area contributed by atoms with E-state index >= 15 is 0 Å². The van der Waals surface area contributed by atoms with Crippen LogP contribution in [-0.2, 0) is 36.1 Å². The van der Waals surface area contributed by atoms with Crippen molar-refractivity contribution in [3.8, 4) is 0 Å². The third kappa shape index (κ3) is 8.86. The number of esters is 1. The van der Waals surface area contributed by atoms with Gasteiger partial charge in [-0.3, -0.25) is 0 Å². The minimum absolute atomic E-state index is 0.278. The third-order valence-electron chi connectivity index (χ3n) is 3.96. The summed E-state index contributed by atoms with van der Waals surface area (Å²) in [6.07, 6.45) is 2.24. The number of hydrogen-bond donors (Lipinski definition) is 0. The summed E-state index contributed by atoms with van der Waals surface area (Å²) in [5, 5.41) is 0. The van der Waals surface area contributed by atoms with E-state index in [0.29, 0.717) is 30.7 Å². The highest BCUT2D eigenvalue weighted by atomic mass is 28.4. The van der Waals surface area contributed by atoms with Gasteiger partial charge in [-0.05, 0) is 26.2 Å². The average Bonchev–Trinajstić information content (AvgIpc) is 2.66. The molecule has 0 spiro atoms. The second-order valence-corrected chi connectivity index (χ2v) is 11.8. The quantitative estimate of drug-likeness (QED) is 0.166. The lowest BCUT2D eigenvalue weighted by molar-refractivity contribution is -0.139. The molecule has 8 nitrogen and oxygen atoms in total. The second-order valence-electron chi connectivity index (χ2n) is 5.71. The molecule has 0 amide bonds. The number of rotatable bonds is 16. The molecule has 0 fully saturated rings. The van der Waals surface area contributed by atoms with Gasteiger partial charge in [-0.2, -0.15) is 0 Å². The standard InChI is InChI=1S/C16H34O8Si2/c1-15(2)16(17)23-11-10-14-26(21-6,22-7)24-12-8-9-13-25(18-3,19-4)20-5/h1,8-14H2,2-7H3. The van der Waals surface area contributed by atoms with Gasteiger partial charge in [0.25, 0.3) is 0 Å². The molecule has 0 aliphatic rings. The first-order valence-electron chi connectivity index (χ1n) is 8.56. The Balaban J connectivity index is 4.25. The van der Waals surface area contributed by atoms with Crippen LogP contribution < -0.4 is 0 Å². The molecule has 10 heteroatoms. The number of unbranched alkanes of at least 4 members (excludes halogenated alkanes) is 1. The Hall–Kier alpha value is -0.596. The van der Waals surface area contributed by atoms with Crippen molar-refractivity contribution in [3.63, 3.8) is 0 Å². The molecule has 0 aliphatic carbocycles. The highest BCUT2D eigenvalue weighted by molar-refractivity contribution is 6.61. The number of ether oxygens (including phenoxy) is 1. The zero-order valence-corrected chi connectivity index (χ0v) is 18.9. The van der Waals surface area contributed by atoms with Gasteiger partial charge in [0, 0.05) is 59.8 Å². The summed E-state index contributed by atoms with van der Waals surface area (Å²) in [6.45, 7) is 5.94. The lowest BCUT2D eigenvalue weighted by Crippen LogP contribution is -2.44. The minimum Gasteiger partial charge on any atom is -0.462 e. The van der Waals surface area contributed by atoms with Gasteiger partial charge in [0.15, 0.2) is 0 Å². The fourth-order valence-corrected chi connectivity index (χ4v) is 6.06. The topological polar surface area (TPSA) is 81.7 Å². The Labute approximate surface area is 159 Å². The van der Waals surface area contributed by atoms with Crippen molar-refractivity contribution in [2.45, 2.75) is 38.3 Å². The number of carbonyl (C=O) groups excluding carboxylic acids is 1. The van der Waals surface area contributed by atoms with Crippen molar-refractivity contribution >= 4 is 23.6 Å². The van der Waals surface area contributed by atoms with E-state index in [4.69, 9.17) is 31.3 Å². The monoisotopic (exact) mass is 410 g/mol. The predicted molar refractivity (Wildman–Crippen MR) is 102 cm³/mol. The SMILES string of the molecule is C=C(C)C(=O)OCCC[Si](OC)(OC)OCCCC[Si](OC)(OC)OC. The molecule has 0 aromatic rings. The van der Waals surface area contributed by atoms with Crippen LogP contribution >= 0.6 is 0 Å². The molecule has 0 unspecified atom stereocenters. The maximum absolute atomic E-state index is 11.4. The Bertz CT molecular complexity index is 403. The summed E-state index contributed by atoms with van der Waals surface area (Å²) in [6, 6.07) is 1.28. The highest BCUT2D eigenvalue weighted by Gasteiger charge is 2.39. The summed E-state index contributed by atoms with van der Waals surface area (Å²) < 4.78 is 38.2. The Kier molecular flexibility index (Phi) is 13.2. The van der Waals surface area contributed by atoms with Gasteiger partial charge in [0.05, 0.1) is 6.61 Å². The zero-order chi connectivity index (χ0) is 20.1. The summed E-state index contributed by atoms with van der Waals surface area (Å²) in [5.74, 6) is -0.393. The maximum atomic E-state index is 11.4. The van der Waals surface area contributed by atoms with Crippen molar-refractivity contribution < 1.29 is 36.1 Å². The predicted octanol–water partition coefficient (Wildman–Crippen LogP) is 2.40. The molecular formula is C16H34O8Si2. The van der Waals surface area contributed by atoms with Crippen LogP contribution in [0.4, 0.5) is 0 Å². The lowest BCUT2D eigenvalue weighted by Gasteiger charge is -2.27. The first-order valence-corrected chi connectivity index (χ1v) is 12.4. The second kappa shape index (κ2) is 13.6. The molecule has 0 atom stereocenters. The van der Waals surface area contributed by atoms with E-state index in [1.54, 1.807) is 42.5 Å². The fourth-order valence-electron chi connectivity index (χ4n) is 2.28. The van der Waals surface area contributed by atoms with Gasteiger partial charge in [-0.15, -0.1) is 0 Å². The van der Waals surface area contributed by atoms with Crippen molar-refractivity contribution in [1.29, 1.82) is 0 Å². The average molecular weight is 411 g/mol. The smallest absolute Gasteiger partial charge is 0.462 e. The first kappa shape index (κ1) is 25.4. The molecule has 0 rings (SSSR count). The van der Waals surface area contributed by atoms with Gasteiger partial charge in [-0.25, -0.2) is 4.79 Å². The molecule has 0 saturated carbocycles. The molecule has 0 aromatic heterocycles. The normalized spacial score (nSPS) is 12.2. The van der Waals surface area contributed by atoms with Crippen LogP contribution in [0.1, 0.15) is 26.2 Å². The van der Waals surface area contributed by atoms with Crippen LogP contribution in [0.25, 0.3) is 0 Å². The zero-order valence-electron chi connectivity index (χ0n) is 16.9. The molecule has 0 bridgehead atoms. The van der Waals surface area contributed by atoms with Crippen LogP contribution in [0.15, 0.2) is 12.2 Å². The van der Waals surface area contributed by atoms with E-state index in [2.05, 4.69) is 6.58 Å². The van der Waals surface area contributed by atoms with E-state index < -0.39 is 23.6 Å².